The van der Waals surface area contributed by atoms with E-state index in [0.29, 0.717) is 0 Å². The third kappa shape index (κ3) is 4.29. The number of anilines is 1. The van der Waals surface area contributed by atoms with Gasteiger partial charge in [-0.3, -0.25) is 4.79 Å². The van der Waals surface area contributed by atoms with E-state index in [1.54, 1.807) is 0 Å². The average Bonchev–Trinajstić information content (AvgIpc) is 2.97. The van der Waals surface area contributed by atoms with Crippen LogP contribution in [-0.4, -0.2) is 42.5 Å². The SMILES string of the molecule is Cc1ccc(Cl)cc1N1CCN(C(=O)C2(N)CCCC2)CC1.Cl.Cl. The number of amides is 1. The zero-order valence-corrected chi connectivity index (χ0v) is 16.4. The van der Waals surface area contributed by atoms with Crippen molar-refractivity contribution in [2.45, 2.75) is 38.1 Å². The van der Waals surface area contributed by atoms with Crippen LogP contribution in [0, 0.1) is 6.92 Å². The van der Waals surface area contributed by atoms with Gasteiger partial charge in [-0.05, 0) is 37.5 Å². The van der Waals surface area contributed by atoms with Gasteiger partial charge in [-0.25, -0.2) is 0 Å². The Bertz CT molecular complexity index is 568. The van der Waals surface area contributed by atoms with Crippen LogP contribution in [0.5, 0.6) is 0 Å². The van der Waals surface area contributed by atoms with Gasteiger partial charge in [0.05, 0.1) is 5.54 Å². The molecule has 24 heavy (non-hydrogen) atoms. The summed E-state index contributed by atoms with van der Waals surface area (Å²) in [4.78, 5) is 16.9. The normalized spacial score (nSPS) is 19.5. The maximum Gasteiger partial charge on any atom is 0.242 e. The van der Waals surface area contributed by atoms with Gasteiger partial charge < -0.3 is 15.5 Å². The Morgan fingerprint density at radius 1 is 1.12 bits per heavy atom. The molecule has 1 heterocycles. The third-order valence-corrected chi connectivity index (χ3v) is 5.24. The summed E-state index contributed by atoms with van der Waals surface area (Å²) >= 11 is 6.11. The Balaban J connectivity index is 0.00000144. The molecular weight excluding hydrogens is 369 g/mol. The molecule has 0 radical (unpaired) electrons. The maximum absolute atomic E-state index is 12.6. The predicted octanol–water partition coefficient (Wildman–Crippen LogP) is 3.41. The molecule has 136 valence electrons. The molecule has 1 saturated heterocycles. The summed E-state index contributed by atoms with van der Waals surface area (Å²) in [6.07, 6.45) is 3.81. The molecular formula is C17H26Cl3N3O. The Kier molecular flexibility index (Phi) is 7.67. The number of hydrogen-bond acceptors (Lipinski definition) is 3. The van der Waals surface area contributed by atoms with E-state index < -0.39 is 5.54 Å². The minimum Gasteiger partial charge on any atom is -0.368 e. The van der Waals surface area contributed by atoms with E-state index in [2.05, 4.69) is 11.8 Å². The van der Waals surface area contributed by atoms with Crippen LogP contribution in [0.15, 0.2) is 18.2 Å². The van der Waals surface area contributed by atoms with Crippen molar-refractivity contribution in [2.24, 2.45) is 5.73 Å². The highest BCUT2D eigenvalue weighted by molar-refractivity contribution is 6.30. The Morgan fingerprint density at radius 2 is 1.71 bits per heavy atom. The number of carbonyl (C=O) groups is 1. The van der Waals surface area contributed by atoms with E-state index in [0.717, 1.165) is 56.9 Å². The smallest absolute Gasteiger partial charge is 0.242 e. The van der Waals surface area contributed by atoms with Crippen molar-refractivity contribution < 1.29 is 4.79 Å². The first kappa shape index (κ1) is 21.4. The molecule has 3 rings (SSSR count). The lowest BCUT2D eigenvalue weighted by Gasteiger charge is -2.39. The minimum absolute atomic E-state index is 0. The Labute approximate surface area is 161 Å². The number of carbonyl (C=O) groups excluding carboxylic acids is 1. The fourth-order valence-electron chi connectivity index (χ4n) is 3.61. The molecule has 0 atom stereocenters. The molecule has 1 amide bonds. The first-order valence-electron chi connectivity index (χ1n) is 8.09. The summed E-state index contributed by atoms with van der Waals surface area (Å²) in [7, 11) is 0. The number of hydrogen-bond donors (Lipinski definition) is 1. The Morgan fingerprint density at radius 3 is 2.29 bits per heavy atom. The van der Waals surface area contributed by atoms with Crippen molar-refractivity contribution in [1.82, 2.24) is 4.90 Å². The van der Waals surface area contributed by atoms with Gasteiger partial charge in [0.1, 0.15) is 0 Å². The van der Waals surface area contributed by atoms with Crippen LogP contribution in [-0.2, 0) is 4.79 Å². The standard InChI is InChI=1S/C17H24ClN3O.2ClH/c1-13-4-5-14(18)12-15(13)20-8-10-21(11-9-20)16(22)17(19)6-2-3-7-17;;/h4-5,12H,2-3,6-11,19H2,1H3;2*1H. The monoisotopic (exact) mass is 393 g/mol. The maximum atomic E-state index is 12.6. The highest BCUT2D eigenvalue weighted by atomic mass is 35.5. The van der Waals surface area contributed by atoms with E-state index in [1.165, 1.54) is 11.3 Å². The minimum atomic E-state index is -0.603. The van der Waals surface area contributed by atoms with Gasteiger partial charge in [0.25, 0.3) is 0 Å². The van der Waals surface area contributed by atoms with Gasteiger partial charge in [-0.15, -0.1) is 24.8 Å². The van der Waals surface area contributed by atoms with E-state index in [1.807, 2.05) is 23.1 Å². The van der Waals surface area contributed by atoms with Gasteiger partial charge in [0, 0.05) is 36.9 Å². The molecule has 4 nitrogen and oxygen atoms in total. The quantitative estimate of drug-likeness (QED) is 0.836. The van der Waals surface area contributed by atoms with Crippen LogP contribution in [0.1, 0.15) is 31.2 Å². The van der Waals surface area contributed by atoms with Crippen molar-refractivity contribution in [1.29, 1.82) is 0 Å². The lowest BCUT2D eigenvalue weighted by atomic mass is 9.96. The fourth-order valence-corrected chi connectivity index (χ4v) is 3.77. The number of nitrogens with zero attached hydrogens (tertiary/aromatic N) is 2. The molecule has 1 aliphatic heterocycles. The number of rotatable bonds is 2. The summed E-state index contributed by atoms with van der Waals surface area (Å²) < 4.78 is 0. The zero-order valence-electron chi connectivity index (χ0n) is 14.0. The van der Waals surface area contributed by atoms with Gasteiger partial charge >= 0.3 is 0 Å². The van der Waals surface area contributed by atoms with E-state index in [9.17, 15) is 4.79 Å². The lowest BCUT2D eigenvalue weighted by Crippen LogP contribution is -2.58. The number of benzene rings is 1. The van der Waals surface area contributed by atoms with E-state index in [-0.39, 0.29) is 30.7 Å². The largest absolute Gasteiger partial charge is 0.368 e. The van der Waals surface area contributed by atoms with Gasteiger partial charge in [-0.2, -0.15) is 0 Å². The molecule has 0 bridgehead atoms. The highest BCUT2D eigenvalue weighted by Gasteiger charge is 2.40. The third-order valence-electron chi connectivity index (χ3n) is 5.00. The number of piperazine rings is 1. The second kappa shape index (κ2) is 8.61. The van der Waals surface area contributed by atoms with Crippen molar-refractivity contribution in [3.63, 3.8) is 0 Å². The molecule has 0 aromatic heterocycles. The molecule has 2 fully saturated rings. The highest BCUT2D eigenvalue weighted by Crippen LogP contribution is 2.30. The number of nitrogens with two attached hydrogens (primary N) is 1. The molecule has 1 aromatic carbocycles. The van der Waals surface area contributed by atoms with Crippen LogP contribution in [0.4, 0.5) is 5.69 Å². The molecule has 7 heteroatoms. The van der Waals surface area contributed by atoms with Crippen LogP contribution in [0.2, 0.25) is 5.02 Å². The summed E-state index contributed by atoms with van der Waals surface area (Å²) in [5, 5.41) is 0.756. The van der Waals surface area contributed by atoms with Crippen molar-refractivity contribution in [2.75, 3.05) is 31.1 Å². The first-order chi connectivity index (χ1) is 10.5. The second-order valence-electron chi connectivity index (χ2n) is 6.57. The van der Waals surface area contributed by atoms with Gasteiger partial charge in [0.2, 0.25) is 5.91 Å². The van der Waals surface area contributed by atoms with Crippen molar-refractivity contribution in [3.05, 3.63) is 28.8 Å². The van der Waals surface area contributed by atoms with Crippen LogP contribution in [0.3, 0.4) is 0 Å². The topological polar surface area (TPSA) is 49.6 Å². The van der Waals surface area contributed by atoms with Crippen LogP contribution in [0.25, 0.3) is 0 Å². The summed E-state index contributed by atoms with van der Waals surface area (Å²) in [6.45, 7) is 5.25. The molecule has 0 unspecified atom stereocenters. The van der Waals surface area contributed by atoms with E-state index >= 15 is 0 Å². The molecule has 1 aliphatic carbocycles. The number of aryl methyl sites for hydroxylation is 1. The first-order valence-corrected chi connectivity index (χ1v) is 8.47. The zero-order chi connectivity index (χ0) is 15.7. The molecule has 2 N–H and O–H groups in total. The van der Waals surface area contributed by atoms with Crippen LogP contribution >= 0.6 is 36.4 Å². The van der Waals surface area contributed by atoms with Crippen LogP contribution < -0.4 is 10.6 Å². The second-order valence-corrected chi connectivity index (χ2v) is 7.01. The average molecular weight is 395 g/mol. The fraction of sp³-hybridized carbons (Fsp3) is 0.588. The summed E-state index contributed by atoms with van der Waals surface area (Å²) in [5.74, 6) is 0.146. The molecule has 0 spiro atoms. The number of halogens is 3. The predicted molar refractivity (Wildman–Crippen MR) is 105 cm³/mol. The Hall–Kier alpha value is -0.680. The lowest BCUT2D eigenvalue weighted by molar-refractivity contribution is -0.137. The molecule has 2 aliphatic rings. The van der Waals surface area contributed by atoms with Gasteiger partial charge in [0.15, 0.2) is 0 Å². The summed E-state index contributed by atoms with van der Waals surface area (Å²) in [5.41, 5.74) is 8.09. The van der Waals surface area contributed by atoms with Crippen molar-refractivity contribution in [3.8, 4) is 0 Å². The molecule has 1 aromatic rings. The van der Waals surface area contributed by atoms with Crippen molar-refractivity contribution >= 4 is 48.0 Å². The van der Waals surface area contributed by atoms with Gasteiger partial charge in [-0.1, -0.05) is 30.5 Å². The molecule has 1 saturated carbocycles. The summed E-state index contributed by atoms with van der Waals surface area (Å²) in [6, 6.07) is 5.97. The van der Waals surface area contributed by atoms with E-state index in [4.69, 9.17) is 17.3 Å².